The van der Waals surface area contributed by atoms with Gasteiger partial charge in [-0.2, -0.15) is 0 Å². The van der Waals surface area contributed by atoms with Gasteiger partial charge in [-0.1, -0.05) is 27.7 Å². The summed E-state index contributed by atoms with van der Waals surface area (Å²) in [7, 11) is 0. The van der Waals surface area contributed by atoms with Crippen LogP contribution in [0.2, 0.25) is 0 Å². The van der Waals surface area contributed by atoms with Crippen LogP contribution in [0.15, 0.2) is 0 Å². The maximum absolute atomic E-state index is 13.3. The van der Waals surface area contributed by atoms with Gasteiger partial charge in [-0.15, -0.1) is 0 Å². The minimum atomic E-state index is -0.356. The van der Waals surface area contributed by atoms with Gasteiger partial charge in [0.2, 0.25) is 0 Å². The van der Waals surface area contributed by atoms with Gasteiger partial charge in [-0.25, -0.2) is 0 Å². The molecule has 12 unspecified atom stereocenters. The second-order valence-corrected chi connectivity index (χ2v) is 13.1. The Bertz CT molecular complexity index is 756. The molecule has 2 aliphatic heterocycles. The molecule has 0 amide bonds. The molecule has 6 aliphatic rings. The minimum absolute atomic E-state index is 0.0823. The lowest BCUT2D eigenvalue weighted by Crippen LogP contribution is -2.57. The van der Waals surface area contributed by atoms with Crippen molar-refractivity contribution in [3.63, 3.8) is 0 Å². The van der Waals surface area contributed by atoms with Gasteiger partial charge in [0.05, 0.1) is 18.8 Å². The molecule has 2 heterocycles. The maximum Gasteiger partial charge on any atom is 0.171 e. The lowest BCUT2D eigenvalue weighted by Gasteiger charge is -2.60. The number of hydrogen-bond acceptors (Lipinski definition) is 4. The van der Waals surface area contributed by atoms with Gasteiger partial charge in [0.1, 0.15) is 5.78 Å². The normalized spacial score (nSPS) is 60.9. The lowest BCUT2D eigenvalue weighted by molar-refractivity contribution is -0.273. The second kappa shape index (κ2) is 6.79. The number of aliphatic hydroxyl groups excluding tert-OH is 1. The summed E-state index contributed by atoms with van der Waals surface area (Å²) in [4.78, 5) is 13.3. The molecule has 31 heavy (non-hydrogen) atoms. The van der Waals surface area contributed by atoms with Crippen LogP contribution in [0.4, 0.5) is 0 Å². The first kappa shape index (κ1) is 21.1. The van der Waals surface area contributed by atoms with Crippen molar-refractivity contribution in [3.8, 4) is 0 Å². The molecule has 6 fully saturated rings. The van der Waals surface area contributed by atoms with E-state index in [0.717, 1.165) is 38.7 Å². The summed E-state index contributed by atoms with van der Waals surface area (Å²) in [5, 5.41) is 10.3. The SMILES string of the molecule is CC1CCC2(OC1)OC1CC3C4CC(=O)C5CC(O)CCC5(C)C4CCC3(C)C1C2C. The van der Waals surface area contributed by atoms with Crippen LogP contribution in [-0.4, -0.2) is 35.5 Å². The molecule has 4 nitrogen and oxygen atoms in total. The molecule has 0 bridgehead atoms. The van der Waals surface area contributed by atoms with Gasteiger partial charge in [0.25, 0.3) is 0 Å². The Labute approximate surface area is 187 Å². The molecule has 1 N–H and O–H groups in total. The summed E-state index contributed by atoms with van der Waals surface area (Å²) in [6.07, 6.45) is 9.21. The number of carbonyl (C=O) groups is 1. The van der Waals surface area contributed by atoms with Crippen LogP contribution >= 0.6 is 0 Å². The zero-order valence-electron chi connectivity index (χ0n) is 19.9. The van der Waals surface area contributed by atoms with E-state index in [9.17, 15) is 9.90 Å². The molecular weight excluding hydrogens is 388 g/mol. The first-order valence-corrected chi connectivity index (χ1v) is 13.2. The summed E-state index contributed by atoms with van der Waals surface area (Å²) in [5.41, 5.74) is 0.355. The van der Waals surface area contributed by atoms with E-state index in [1.165, 1.54) is 19.3 Å². The van der Waals surface area contributed by atoms with Crippen molar-refractivity contribution in [2.24, 2.45) is 52.3 Å². The van der Waals surface area contributed by atoms with E-state index in [1.807, 2.05) is 0 Å². The Morgan fingerprint density at radius 1 is 0.968 bits per heavy atom. The average Bonchev–Trinajstić information content (AvgIpc) is 3.17. The van der Waals surface area contributed by atoms with Crippen LogP contribution in [0, 0.1) is 52.3 Å². The third-order valence-electron chi connectivity index (χ3n) is 11.7. The monoisotopic (exact) mass is 430 g/mol. The Hall–Kier alpha value is -0.450. The summed E-state index contributed by atoms with van der Waals surface area (Å²) in [6.45, 7) is 10.4. The Kier molecular flexibility index (Phi) is 4.62. The van der Waals surface area contributed by atoms with Crippen molar-refractivity contribution in [1.82, 2.24) is 0 Å². The van der Waals surface area contributed by atoms with Gasteiger partial charge in [0.15, 0.2) is 5.79 Å². The van der Waals surface area contributed by atoms with Crippen LogP contribution in [-0.2, 0) is 14.3 Å². The van der Waals surface area contributed by atoms with E-state index >= 15 is 0 Å². The molecule has 0 aromatic heterocycles. The number of fused-ring (bicyclic) bond motifs is 7. The summed E-state index contributed by atoms with van der Waals surface area (Å²) in [6, 6.07) is 0. The van der Waals surface area contributed by atoms with E-state index in [4.69, 9.17) is 9.47 Å². The third-order valence-corrected chi connectivity index (χ3v) is 11.7. The van der Waals surface area contributed by atoms with Crippen LogP contribution in [0.3, 0.4) is 0 Å². The summed E-state index contributed by atoms with van der Waals surface area (Å²) >= 11 is 0. The van der Waals surface area contributed by atoms with Gasteiger partial charge < -0.3 is 14.6 Å². The molecule has 174 valence electrons. The fraction of sp³-hybridized carbons (Fsp3) is 0.963. The fourth-order valence-electron chi connectivity index (χ4n) is 10.0. The number of hydrogen-bond donors (Lipinski definition) is 1. The van der Waals surface area contributed by atoms with Crippen molar-refractivity contribution < 1.29 is 19.4 Å². The highest BCUT2D eigenvalue weighted by Crippen LogP contribution is 2.71. The number of aliphatic hydroxyl groups is 1. The highest BCUT2D eigenvalue weighted by atomic mass is 16.7. The average molecular weight is 431 g/mol. The van der Waals surface area contributed by atoms with E-state index in [1.54, 1.807) is 0 Å². The molecule has 0 radical (unpaired) electrons. The molecule has 4 aliphatic carbocycles. The van der Waals surface area contributed by atoms with Crippen molar-refractivity contribution in [2.75, 3.05) is 6.61 Å². The predicted molar refractivity (Wildman–Crippen MR) is 118 cm³/mol. The molecular formula is C27H42O4. The van der Waals surface area contributed by atoms with E-state index in [0.29, 0.717) is 53.8 Å². The lowest BCUT2D eigenvalue weighted by atomic mass is 9.44. The number of ether oxygens (including phenoxy) is 2. The molecule has 6 rings (SSSR count). The molecule has 1 spiro atoms. The van der Waals surface area contributed by atoms with Crippen molar-refractivity contribution in [3.05, 3.63) is 0 Å². The fourth-order valence-corrected chi connectivity index (χ4v) is 10.0. The van der Waals surface area contributed by atoms with E-state index in [-0.39, 0.29) is 28.6 Å². The van der Waals surface area contributed by atoms with Crippen LogP contribution in [0.5, 0.6) is 0 Å². The van der Waals surface area contributed by atoms with Gasteiger partial charge in [-0.05, 0) is 85.4 Å². The molecule has 4 saturated carbocycles. The Morgan fingerprint density at radius 2 is 1.74 bits per heavy atom. The smallest absolute Gasteiger partial charge is 0.171 e. The molecule has 4 heteroatoms. The number of rotatable bonds is 0. The van der Waals surface area contributed by atoms with Crippen molar-refractivity contribution >= 4 is 5.78 Å². The summed E-state index contributed by atoms with van der Waals surface area (Å²) in [5.74, 6) is 3.53. The minimum Gasteiger partial charge on any atom is -0.393 e. The molecule has 0 aromatic rings. The quantitative estimate of drug-likeness (QED) is 0.589. The molecule has 0 aromatic carbocycles. The van der Waals surface area contributed by atoms with E-state index in [2.05, 4.69) is 27.7 Å². The predicted octanol–water partition coefficient (Wildman–Crippen LogP) is 4.97. The molecule has 2 saturated heterocycles. The largest absolute Gasteiger partial charge is 0.393 e. The van der Waals surface area contributed by atoms with Crippen LogP contribution in [0.1, 0.15) is 85.5 Å². The number of ketones is 1. The Balaban J connectivity index is 1.28. The van der Waals surface area contributed by atoms with Crippen LogP contribution in [0.25, 0.3) is 0 Å². The Morgan fingerprint density at radius 3 is 2.48 bits per heavy atom. The van der Waals surface area contributed by atoms with Gasteiger partial charge in [0, 0.05) is 24.7 Å². The number of carbonyl (C=O) groups excluding carboxylic acids is 1. The number of Topliss-reactive ketones (excluding diaryl/α,β-unsaturated/α-hetero) is 1. The van der Waals surface area contributed by atoms with Crippen LogP contribution < -0.4 is 0 Å². The first-order valence-electron chi connectivity index (χ1n) is 13.2. The third kappa shape index (κ3) is 2.74. The van der Waals surface area contributed by atoms with E-state index < -0.39 is 0 Å². The van der Waals surface area contributed by atoms with Crippen molar-refractivity contribution in [1.29, 1.82) is 0 Å². The zero-order valence-corrected chi connectivity index (χ0v) is 19.9. The zero-order chi connectivity index (χ0) is 21.8. The summed E-state index contributed by atoms with van der Waals surface area (Å²) < 4.78 is 13.3. The topological polar surface area (TPSA) is 55.8 Å². The van der Waals surface area contributed by atoms with Crippen molar-refractivity contribution in [2.45, 2.75) is 103 Å². The molecule has 12 atom stereocenters. The standard InChI is InChI=1S/C27H42O4/c1-15-5-10-27(30-14-15)16(2)24-23(31-27)13-20-18-12-22(29)21-11-17(28)6-8-25(21,3)19(18)7-9-26(20,24)4/h15-21,23-24,28H,5-14H2,1-4H3. The second-order valence-electron chi connectivity index (χ2n) is 13.1. The first-order chi connectivity index (χ1) is 14.7. The van der Waals surface area contributed by atoms with Gasteiger partial charge >= 0.3 is 0 Å². The highest BCUT2D eigenvalue weighted by molar-refractivity contribution is 5.83. The highest BCUT2D eigenvalue weighted by Gasteiger charge is 2.69. The maximum atomic E-state index is 13.3. The van der Waals surface area contributed by atoms with Gasteiger partial charge in [-0.3, -0.25) is 4.79 Å².